The standard InChI is InChI=1S/C11H15FN2O3S/c1-14-18(15,16)10-6-17-7-11(10,13)8-4-2-3-5-9(8)12/h2-5,10,14H,6-7,13H2,1H3. The zero-order valence-corrected chi connectivity index (χ0v) is 10.7. The highest BCUT2D eigenvalue weighted by Crippen LogP contribution is 2.33. The molecule has 18 heavy (non-hydrogen) atoms. The van der Waals surface area contributed by atoms with E-state index in [1.54, 1.807) is 6.07 Å². The van der Waals surface area contributed by atoms with E-state index in [1.165, 1.54) is 25.2 Å². The van der Waals surface area contributed by atoms with Gasteiger partial charge in [-0.2, -0.15) is 0 Å². The Kier molecular flexibility index (Phi) is 3.41. The van der Waals surface area contributed by atoms with E-state index >= 15 is 0 Å². The van der Waals surface area contributed by atoms with E-state index in [9.17, 15) is 12.8 Å². The molecule has 100 valence electrons. The third-order valence-corrected chi connectivity index (χ3v) is 5.09. The Morgan fingerprint density at radius 1 is 1.50 bits per heavy atom. The minimum Gasteiger partial charge on any atom is -0.378 e. The average Bonchev–Trinajstić information content (AvgIpc) is 2.73. The zero-order valence-electron chi connectivity index (χ0n) is 9.89. The predicted molar refractivity (Wildman–Crippen MR) is 64.9 cm³/mol. The van der Waals surface area contributed by atoms with Gasteiger partial charge in [0, 0.05) is 5.56 Å². The number of halogens is 1. The van der Waals surface area contributed by atoms with Crippen molar-refractivity contribution in [1.82, 2.24) is 4.72 Å². The van der Waals surface area contributed by atoms with Crippen LogP contribution < -0.4 is 10.5 Å². The number of benzene rings is 1. The largest absolute Gasteiger partial charge is 0.378 e. The van der Waals surface area contributed by atoms with Crippen LogP contribution in [0.5, 0.6) is 0 Å². The van der Waals surface area contributed by atoms with Crippen LogP contribution in [0.2, 0.25) is 0 Å². The monoisotopic (exact) mass is 274 g/mol. The molecular formula is C11H15FN2O3S. The van der Waals surface area contributed by atoms with Crippen LogP contribution in [0.25, 0.3) is 0 Å². The van der Waals surface area contributed by atoms with E-state index in [-0.39, 0.29) is 18.8 Å². The van der Waals surface area contributed by atoms with Gasteiger partial charge in [-0.15, -0.1) is 0 Å². The molecule has 1 aliphatic heterocycles. The summed E-state index contributed by atoms with van der Waals surface area (Å²) in [5.41, 5.74) is 4.89. The summed E-state index contributed by atoms with van der Waals surface area (Å²) in [6.45, 7) is -0.0759. The fourth-order valence-corrected chi connectivity index (χ4v) is 3.48. The summed E-state index contributed by atoms with van der Waals surface area (Å²) in [7, 11) is -2.34. The van der Waals surface area contributed by atoms with Gasteiger partial charge in [-0.25, -0.2) is 17.5 Å². The first-order chi connectivity index (χ1) is 8.42. The van der Waals surface area contributed by atoms with Crippen molar-refractivity contribution in [1.29, 1.82) is 0 Å². The second-order valence-corrected chi connectivity index (χ2v) is 6.34. The first-order valence-corrected chi connectivity index (χ1v) is 7.00. The van der Waals surface area contributed by atoms with E-state index in [0.717, 1.165) is 0 Å². The maximum absolute atomic E-state index is 13.8. The Morgan fingerprint density at radius 3 is 2.78 bits per heavy atom. The molecule has 0 aromatic heterocycles. The molecule has 1 saturated heterocycles. The van der Waals surface area contributed by atoms with Crippen LogP contribution in [0, 0.1) is 5.82 Å². The predicted octanol–water partition coefficient (Wildman–Crippen LogP) is -0.0723. The molecule has 1 aliphatic rings. The van der Waals surface area contributed by atoms with Crippen LogP contribution in [-0.2, 0) is 20.3 Å². The molecule has 1 aromatic rings. The van der Waals surface area contributed by atoms with Crippen LogP contribution in [0.1, 0.15) is 5.56 Å². The lowest BCUT2D eigenvalue weighted by Crippen LogP contribution is -2.53. The summed E-state index contributed by atoms with van der Waals surface area (Å²) in [5.74, 6) is -0.526. The van der Waals surface area contributed by atoms with Crippen molar-refractivity contribution >= 4 is 10.0 Å². The second-order valence-electron chi connectivity index (χ2n) is 4.27. The molecule has 0 saturated carbocycles. The van der Waals surface area contributed by atoms with Crippen molar-refractivity contribution in [3.8, 4) is 0 Å². The Bertz CT molecular complexity index is 549. The minimum atomic E-state index is -3.64. The molecule has 1 fully saturated rings. The highest BCUT2D eigenvalue weighted by molar-refractivity contribution is 7.90. The van der Waals surface area contributed by atoms with Crippen molar-refractivity contribution in [2.24, 2.45) is 5.73 Å². The van der Waals surface area contributed by atoms with Crippen LogP contribution in [0.3, 0.4) is 0 Å². The third kappa shape index (κ3) is 2.03. The molecule has 2 atom stereocenters. The first kappa shape index (κ1) is 13.4. The van der Waals surface area contributed by atoms with Crippen molar-refractivity contribution in [3.05, 3.63) is 35.6 Å². The molecule has 5 nitrogen and oxygen atoms in total. The average molecular weight is 274 g/mol. The highest BCUT2D eigenvalue weighted by atomic mass is 32.2. The quantitative estimate of drug-likeness (QED) is 0.808. The molecule has 0 spiro atoms. The van der Waals surface area contributed by atoms with Crippen molar-refractivity contribution < 1.29 is 17.5 Å². The number of hydrogen-bond acceptors (Lipinski definition) is 4. The van der Waals surface area contributed by atoms with E-state index in [1.807, 2.05) is 0 Å². The van der Waals surface area contributed by atoms with Crippen molar-refractivity contribution in [3.63, 3.8) is 0 Å². The summed E-state index contributed by atoms with van der Waals surface area (Å²) in [4.78, 5) is 0. The van der Waals surface area contributed by atoms with Gasteiger partial charge in [-0.1, -0.05) is 18.2 Å². The zero-order chi connectivity index (χ0) is 13.4. The van der Waals surface area contributed by atoms with E-state index in [0.29, 0.717) is 0 Å². The Balaban J connectivity index is 2.51. The van der Waals surface area contributed by atoms with Crippen LogP contribution >= 0.6 is 0 Å². The summed E-state index contributed by atoms with van der Waals surface area (Å²) in [5, 5.41) is -1.01. The lowest BCUT2D eigenvalue weighted by Gasteiger charge is -2.29. The van der Waals surface area contributed by atoms with Gasteiger partial charge in [-0.3, -0.25) is 0 Å². The number of sulfonamides is 1. The van der Waals surface area contributed by atoms with Gasteiger partial charge >= 0.3 is 0 Å². The number of ether oxygens (including phenoxy) is 1. The second kappa shape index (κ2) is 4.58. The fraction of sp³-hybridized carbons (Fsp3) is 0.455. The number of nitrogens with one attached hydrogen (secondary N) is 1. The molecule has 3 N–H and O–H groups in total. The lowest BCUT2D eigenvalue weighted by molar-refractivity contribution is 0.177. The number of nitrogens with two attached hydrogens (primary N) is 1. The Hall–Kier alpha value is -1.02. The highest BCUT2D eigenvalue weighted by Gasteiger charge is 2.50. The maximum atomic E-state index is 13.8. The molecule has 0 bridgehead atoms. The van der Waals surface area contributed by atoms with Gasteiger partial charge in [0.1, 0.15) is 11.1 Å². The van der Waals surface area contributed by atoms with Crippen molar-refractivity contribution in [2.75, 3.05) is 20.3 Å². The molecule has 1 aromatic carbocycles. The normalized spacial score (nSPS) is 28.5. The summed E-state index contributed by atoms with van der Waals surface area (Å²) in [6, 6.07) is 5.89. The minimum absolute atomic E-state index is 0.0283. The van der Waals surface area contributed by atoms with Gasteiger partial charge in [-0.05, 0) is 13.1 Å². The third-order valence-electron chi connectivity index (χ3n) is 3.22. The topological polar surface area (TPSA) is 81.4 Å². The molecule has 1 heterocycles. The molecular weight excluding hydrogens is 259 g/mol. The van der Waals surface area contributed by atoms with Crippen LogP contribution in [-0.4, -0.2) is 33.9 Å². The van der Waals surface area contributed by atoms with Gasteiger partial charge in [0.15, 0.2) is 0 Å². The lowest BCUT2D eigenvalue weighted by atomic mass is 9.89. The molecule has 0 aliphatic carbocycles. The smallest absolute Gasteiger partial charge is 0.218 e. The summed E-state index contributed by atoms with van der Waals surface area (Å²) < 4.78 is 45.0. The molecule has 2 unspecified atom stereocenters. The molecule has 2 rings (SSSR count). The molecule has 7 heteroatoms. The van der Waals surface area contributed by atoms with Gasteiger partial charge in [0.25, 0.3) is 0 Å². The number of hydrogen-bond donors (Lipinski definition) is 2. The fourth-order valence-electron chi connectivity index (χ4n) is 2.18. The van der Waals surface area contributed by atoms with E-state index in [2.05, 4.69) is 4.72 Å². The molecule has 0 amide bonds. The Labute approximate surface area is 105 Å². The van der Waals surface area contributed by atoms with Crippen molar-refractivity contribution in [2.45, 2.75) is 10.8 Å². The molecule has 0 radical (unpaired) electrons. The van der Waals surface area contributed by atoms with E-state index in [4.69, 9.17) is 10.5 Å². The van der Waals surface area contributed by atoms with Crippen LogP contribution in [0.15, 0.2) is 24.3 Å². The van der Waals surface area contributed by atoms with Gasteiger partial charge in [0.2, 0.25) is 10.0 Å². The SMILES string of the molecule is CNS(=O)(=O)C1COCC1(N)c1ccccc1F. The first-order valence-electron chi connectivity index (χ1n) is 5.46. The van der Waals surface area contributed by atoms with Crippen LogP contribution in [0.4, 0.5) is 4.39 Å². The Morgan fingerprint density at radius 2 is 2.17 bits per heavy atom. The maximum Gasteiger partial charge on any atom is 0.218 e. The summed E-state index contributed by atoms with van der Waals surface area (Å²) >= 11 is 0. The number of rotatable bonds is 3. The van der Waals surface area contributed by atoms with Gasteiger partial charge in [0.05, 0.1) is 18.8 Å². The van der Waals surface area contributed by atoms with Gasteiger partial charge < -0.3 is 10.5 Å². The van der Waals surface area contributed by atoms with E-state index < -0.39 is 26.6 Å². The summed E-state index contributed by atoms with van der Waals surface area (Å²) in [6.07, 6.45) is 0.